The second-order valence-electron chi connectivity index (χ2n) is 7.74. The summed E-state index contributed by atoms with van der Waals surface area (Å²) < 4.78 is 26.7. The second kappa shape index (κ2) is 10.1. The van der Waals surface area contributed by atoms with Gasteiger partial charge in [-0.15, -0.1) is 0 Å². The predicted molar refractivity (Wildman–Crippen MR) is 126 cm³/mol. The maximum Gasteiger partial charge on any atom is 0.243 e. The third-order valence-corrected chi connectivity index (χ3v) is 7.50. The Morgan fingerprint density at radius 2 is 1.64 bits per heavy atom. The van der Waals surface area contributed by atoms with Crippen LogP contribution in [0.25, 0.3) is 0 Å². The molecule has 0 saturated carbocycles. The Balaban J connectivity index is 1.69. The van der Waals surface area contributed by atoms with Crippen molar-refractivity contribution in [3.05, 3.63) is 48.5 Å². The van der Waals surface area contributed by atoms with Crippen molar-refractivity contribution in [2.45, 2.75) is 32.1 Å². The highest BCUT2D eigenvalue weighted by atomic mass is 32.2. The fourth-order valence-corrected chi connectivity index (χ4v) is 5.22. The van der Waals surface area contributed by atoms with Gasteiger partial charge in [-0.25, -0.2) is 8.42 Å². The molecule has 1 atom stereocenters. The summed E-state index contributed by atoms with van der Waals surface area (Å²) in [7, 11) is -3.59. The quantitative estimate of drug-likeness (QED) is 0.613. The van der Waals surface area contributed by atoms with E-state index in [1.807, 2.05) is 0 Å². The van der Waals surface area contributed by atoms with Crippen LogP contribution in [0.3, 0.4) is 0 Å². The highest BCUT2D eigenvalue weighted by molar-refractivity contribution is 7.89. The standard InChI is InChI=1S/C23H28N4O5S/c1-4-26(5-2)33(31,32)21-11-9-20(10-12-21)27-15-17(13-22(27)29)23(30)25-19-8-6-7-18(14-19)24-16(3)28/h6-12,14,17H,4-5,13,15H2,1-3H3,(H,24,28)(H,25,30)/t17-/m1/s1. The first kappa shape index (κ1) is 24.4. The van der Waals surface area contributed by atoms with Crippen LogP contribution in [0.4, 0.5) is 17.1 Å². The molecule has 1 aliphatic rings. The fraction of sp³-hybridized carbons (Fsp3) is 0.348. The largest absolute Gasteiger partial charge is 0.326 e. The first-order valence-electron chi connectivity index (χ1n) is 10.7. The van der Waals surface area contributed by atoms with Gasteiger partial charge in [0.2, 0.25) is 27.7 Å². The number of nitrogens with one attached hydrogen (secondary N) is 2. The van der Waals surface area contributed by atoms with E-state index in [1.165, 1.54) is 28.3 Å². The molecule has 1 fully saturated rings. The Labute approximate surface area is 193 Å². The van der Waals surface area contributed by atoms with E-state index < -0.39 is 15.9 Å². The third kappa shape index (κ3) is 5.58. The number of anilines is 3. The number of hydrogen-bond acceptors (Lipinski definition) is 5. The van der Waals surface area contributed by atoms with E-state index in [0.29, 0.717) is 30.2 Å². The van der Waals surface area contributed by atoms with Gasteiger partial charge in [-0.1, -0.05) is 19.9 Å². The van der Waals surface area contributed by atoms with Crippen LogP contribution in [0.2, 0.25) is 0 Å². The second-order valence-corrected chi connectivity index (χ2v) is 9.68. The number of sulfonamides is 1. The molecule has 0 unspecified atom stereocenters. The smallest absolute Gasteiger partial charge is 0.243 e. The molecule has 1 aliphatic heterocycles. The molecule has 2 N–H and O–H groups in total. The molecule has 0 bridgehead atoms. The maximum atomic E-state index is 12.7. The highest BCUT2D eigenvalue weighted by Crippen LogP contribution is 2.28. The molecule has 176 valence electrons. The minimum Gasteiger partial charge on any atom is -0.326 e. The van der Waals surface area contributed by atoms with Gasteiger partial charge in [0.15, 0.2) is 0 Å². The third-order valence-electron chi connectivity index (χ3n) is 5.44. The summed E-state index contributed by atoms with van der Waals surface area (Å²) in [5.41, 5.74) is 1.62. The van der Waals surface area contributed by atoms with Crippen LogP contribution < -0.4 is 15.5 Å². The van der Waals surface area contributed by atoms with Crippen molar-refractivity contribution in [3.8, 4) is 0 Å². The van der Waals surface area contributed by atoms with Gasteiger partial charge in [0.25, 0.3) is 0 Å². The maximum absolute atomic E-state index is 12.7. The van der Waals surface area contributed by atoms with Crippen molar-refractivity contribution in [2.75, 3.05) is 35.2 Å². The summed E-state index contributed by atoms with van der Waals surface area (Å²) in [4.78, 5) is 38.2. The molecule has 33 heavy (non-hydrogen) atoms. The first-order valence-corrected chi connectivity index (χ1v) is 12.2. The van der Waals surface area contributed by atoms with E-state index in [0.717, 1.165) is 0 Å². The fourth-order valence-electron chi connectivity index (χ4n) is 3.77. The minimum absolute atomic E-state index is 0.0523. The normalized spacial score (nSPS) is 16.2. The zero-order valence-corrected chi connectivity index (χ0v) is 19.7. The molecule has 10 heteroatoms. The van der Waals surface area contributed by atoms with Crippen LogP contribution in [0.5, 0.6) is 0 Å². The van der Waals surface area contributed by atoms with E-state index in [2.05, 4.69) is 10.6 Å². The average molecular weight is 473 g/mol. The summed E-state index contributed by atoms with van der Waals surface area (Å²) in [5, 5.41) is 5.44. The summed E-state index contributed by atoms with van der Waals surface area (Å²) in [6.07, 6.45) is 0.0523. The van der Waals surface area contributed by atoms with Gasteiger partial charge in [0.1, 0.15) is 0 Å². The lowest BCUT2D eigenvalue weighted by Gasteiger charge is -2.20. The van der Waals surface area contributed by atoms with Gasteiger partial charge in [-0.2, -0.15) is 4.31 Å². The molecular formula is C23H28N4O5S. The van der Waals surface area contributed by atoms with Gasteiger partial charge in [0, 0.05) is 50.0 Å². The number of amides is 3. The zero-order valence-electron chi connectivity index (χ0n) is 18.9. The monoisotopic (exact) mass is 472 g/mol. The molecule has 9 nitrogen and oxygen atoms in total. The number of carbonyl (C=O) groups is 3. The number of rotatable bonds is 8. The SMILES string of the molecule is CCN(CC)S(=O)(=O)c1ccc(N2C[C@H](C(=O)Nc3cccc(NC(C)=O)c3)CC2=O)cc1. The van der Waals surface area contributed by atoms with Gasteiger partial charge >= 0.3 is 0 Å². The van der Waals surface area contributed by atoms with Crippen LogP contribution in [-0.2, 0) is 24.4 Å². The molecule has 3 rings (SSSR count). The number of nitrogens with zero attached hydrogens (tertiary/aromatic N) is 2. The van der Waals surface area contributed by atoms with E-state index in [-0.39, 0.29) is 35.6 Å². The zero-order chi connectivity index (χ0) is 24.2. The molecule has 0 aromatic heterocycles. The van der Waals surface area contributed by atoms with Crippen LogP contribution in [0, 0.1) is 5.92 Å². The van der Waals surface area contributed by atoms with Crippen molar-refractivity contribution in [1.82, 2.24) is 4.31 Å². The Kier molecular flexibility index (Phi) is 7.50. The predicted octanol–water partition coefficient (Wildman–Crippen LogP) is 2.67. The number of benzene rings is 2. The molecule has 2 aromatic carbocycles. The molecule has 0 aliphatic carbocycles. The van der Waals surface area contributed by atoms with Gasteiger partial charge < -0.3 is 15.5 Å². The van der Waals surface area contributed by atoms with Gasteiger partial charge in [-0.3, -0.25) is 14.4 Å². The summed E-state index contributed by atoms with van der Waals surface area (Å²) >= 11 is 0. The number of carbonyl (C=O) groups excluding carboxylic acids is 3. The highest BCUT2D eigenvalue weighted by Gasteiger charge is 2.35. The van der Waals surface area contributed by atoms with Crippen molar-refractivity contribution >= 4 is 44.8 Å². The molecule has 0 spiro atoms. The van der Waals surface area contributed by atoms with Crippen molar-refractivity contribution in [1.29, 1.82) is 0 Å². The van der Waals surface area contributed by atoms with Crippen LogP contribution in [0.15, 0.2) is 53.4 Å². The van der Waals surface area contributed by atoms with E-state index >= 15 is 0 Å². The lowest BCUT2D eigenvalue weighted by molar-refractivity contribution is -0.122. The average Bonchev–Trinajstić information content (AvgIpc) is 3.16. The van der Waals surface area contributed by atoms with E-state index in [4.69, 9.17) is 0 Å². The van der Waals surface area contributed by atoms with Crippen LogP contribution in [0.1, 0.15) is 27.2 Å². The molecule has 0 radical (unpaired) electrons. The topological polar surface area (TPSA) is 116 Å². The van der Waals surface area contributed by atoms with E-state index in [9.17, 15) is 22.8 Å². The molecule has 1 heterocycles. The number of hydrogen-bond donors (Lipinski definition) is 2. The Bertz CT molecular complexity index is 1140. The Morgan fingerprint density at radius 3 is 2.21 bits per heavy atom. The van der Waals surface area contributed by atoms with E-state index in [1.54, 1.807) is 50.2 Å². The van der Waals surface area contributed by atoms with Crippen LogP contribution >= 0.6 is 0 Å². The molecule has 2 aromatic rings. The Morgan fingerprint density at radius 1 is 1.03 bits per heavy atom. The molecular weight excluding hydrogens is 444 g/mol. The lowest BCUT2D eigenvalue weighted by atomic mass is 10.1. The summed E-state index contributed by atoms with van der Waals surface area (Å²) in [6.45, 7) is 5.89. The lowest BCUT2D eigenvalue weighted by Crippen LogP contribution is -2.31. The Hall–Kier alpha value is -3.24. The van der Waals surface area contributed by atoms with Crippen LogP contribution in [-0.4, -0.2) is 50.1 Å². The first-order chi connectivity index (χ1) is 15.6. The van der Waals surface area contributed by atoms with Crippen molar-refractivity contribution in [2.24, 2.45) is 5.92 Å². The van der Waals surface area contributed by atoms with Gasteiger partial charge in [-0.05, 0) is 42.5 Å². The summed E-state index contributed by atoms with van der Waals surface area (Å²) in [5.74, 6) is -1.28. The summed E-state index contributed by atoms with van der Waals surface area (Å²) in [6, 6.07) is 12.9. The molecule has 1 saturated heterocycles. The minimum atomic E-state index is -3.59. The molecule has 3 amide bonds. The van der Waals surface area contributed by atoms with Crippen molar-refractivity contribution in [3.63, 3.8) is 0 Å². The van der Waals surface area contributed by atoms with Crippen molar-refractivity contribution < 1.29 is 22.8 Å². The van der Waals surface area contributed by atoms with Gasteiger partial charge in [0.05, 0.1) is 10.8 Å².